The summed E-state index contributed by atoms with van der Waals surface area (Å²) >= 11 is 0. The standard InChI is InChI=1S/C26H28O7/c1-15(2)9-10-33-25-18(14-27)11-17(12-21(25)29)23-22(31-3)13-20(26(32-4)24(23)30)16-5-7-19(28)8-6-16/h5-9,11-13,27-30H,10,14H2,1-4H3. The molecular formula is C26H28O7. The molecule has 7 heteroatoms. The largest absolute Gasteiger partial charge is 0.508 e. The smallest absolute Gasteiger partial charge is 0.170 e. The van der Waals surface area contributed by atoms with Crippen molar-refractivity contribution in [3.63, 3.8) is 0 Å². The molecule has 0 fully saturated rings. The number of allylic oxidation sites excluding steroid dienone is 1. The van der Waals surface area contributed by atoms with Gasteiger partial charge in [0.25, 0.3) is 0 Å². The van der Waals surface area contributed by atoms with E-state index in [0.717, 1.165) is 5.57 Å². The number of benzene rings is 3. The highest BCUT2D eigenvalue weighted by Gasteiger charge is 2.23. The Bertz CT molecular complexity index is 1160. The molecule has 3 aromatic rings. The number of aromatic hydroxyl groups is 3. The van der Waals surface area contributed by atoms with Crippen molar-refractivity contribution in [2.24, 2.45) is 0 Å². The van der Waals surface area contributed by atoms with E-state index in [0.29, 0.717) is 28.0 Å². The maximum absolute atomic E-state index is 11.1. The Hall–Kier alpha value is -3.84. The van der Waals surface area contributed by atoms with Crippen molar-refractivity contribution in [3.05, 3.63) is 59.7 Å². The van der Waals surface area contributed by atoms with E-state index in [9.17, 15) is 20.4 Å². The van der Waals surface area contributed by atoms with Crippen molar-refractivity contribution < 1.29 is 34.6 Å². The van der Waals surface area contributed by atoms with Gasteiger partial charge >= 0.3 is 0 Å². The summed E-state index contributed by atoms with van der Waals surface area (Å²) in [5.41, 5.74) is 3.38. The van der Waals surface area contributed by atoms with Gasteiger partial charge in [0.2, 0.25) is 0 Å². The van der Waals surface area contributed by atoms with Gasteiger partial charge in [-0.2, -0.15) is 0 Å². The van der Waals surface area contributed by atoms with Crippen LogP contribution in [0.3, 0.4) is 0 Å². The second kappa shape index (κ2) is 10.2. The molecule has 0 aliphatic heterocycles. The first-order chi connectivity index (χ1) is 15.8. The van der Waals surface area contributed by atoms with Crippen molar-refractivity contribution in [2.75, 3.05) is 20.8 Å². The number of ether oxygens (including phenoxy) is 3. The second-order valence-corrected chi connectivity index (χ2v) is 7.66. The molecule has 0 aromatic heterocycles. The lowest BCUT2D eigenvalue weighted by Crippen LogP contribution is -2.00. The molecule has 0 saturated heterocycles. The van der Waals surface area contributed by atoms with Crippen molar-refractivity contribution in [1.82, 2.24) is 0 Å². The van der Waals surface area contributed by atoms with Crippen molar-refractivity contribution in [3.8, 4) is 56.8 Å². The minimum atomic E-state index is -0.378. The molecule has 3 rings (SSSR count). The van der Waals surface area contributed by atoms with Gasteiger partial charge in [0.1, 0.15) is 18.1 Å². The summed E-state index contributed by atoms with van der Waals surface area (Å²) in [5, 5.41) is 41.3. The zero-order valence-corrected chi connectivity index (χ0v) is 19.0. The van der Waals surface area contributed by atoms with Crippen LogP contribution in [-0.4, -0.2) is 41.3 Å². The molecule has 3 aromatic carbocycles. The van der Waals surface area contributed by atoms with Crippen LogP contribution in [0.1, 0.15) is 19.4 Å². The average Bonchev–Trinajstić information content (AvgIpc) is 2.79. The number of rotatable bonds is 8. The van der Waals surface area contributed by atoms with Crippen LogP contribution in [0.2, 0.25) is 0 Å². The molecule has 0 amide bonds. The van der Waals surface area contributed by atoms with E-state index in [1.54, 1.807) is 24.3 Å². The van der Waals surface area contributed by atoms with Crippen LogP contribution in [0.15, 0.2) is 54.1 Å². The van der Waals surface area contributed by atoms with E-state index in [1.165, 1.54) is 32.4 Å². The van der Waals surface area contributed by atoms with Crippen LogP contribution in [0.5, 0.6) is 34.5 Å². The summed E-state index contributed by atoms with van der Waals surface area (Å²) in [7, 11) is 2.90. The summed E-state index contributed by atoms with van der Waals surface area (Å²) in [5.74, 6) is 0.445. The van der Waals surface area contributed by atoms with E-state index in [2.05, 4.69) is 0 Å². The van der Waals surface area contributed by atoms with Crippen LogP contribution >= 0.6 is 0 Å². The Morgan fingerprint density at radius 2 is 1.58 bits per heavy atom. The summed E-state index contributed by atoms with van der Waals surface area (Å²) in [6, 6.07) is 11.2. The third kappa shape index (κ3) is 4.99. The molecule has 0 radical (unpaired) electrons. The highest BCUT2D eigenvalue weighted by Crippen LogP contribution is 2.51. The molecule has 0 unspecified atom stereocenters. The number of hydrogen-bond acceptors (Lipinski definition) is 7. The quantitative estimate of drug-likeness (QED) is 0.357. The first kappa shape index (κ1) is 23.8. The lowest BCUT2D eigenvalue weighted by molar-refractivity contribution is 0.265. The molecule has 0 atom stereocenters. The zero-order chi connectivity index (χ0) is 24.1. The normalized spacial score (nSPS) is 10.6. The van der Waals surface area contributed by atoms with Gasteiger partial charge in [0.05, 0.1) is 26.4 Å². The number of aliphatic hydroxyl groups is 1. The number of methoxy groups -OCH3 is 2. The molecule has 0 saturated carbocycles. The molecule has 0 aliphatic carbocycles. The molecule has 174 valence electrons. The highest BCUT2D eigenvalue weighted by atomic mass is 16.5. The molecule has 0 aliphatic rings. The third-order valence-electron chi connectivity index (χ3n) is 5.15. The van der Waals surface area contributed by atoms with Gasteiger partial charge < -0.3 is 34.6 Å². The molecule has 4 N–H and O–H groups in total. The van der Waals surface area contributed by atoms with Crippen LogP contribution in [-0.2, 0) is 6.61 Å². The molecule has 7 nitrogen and oxygen atoms in total. The van der Waals surface area contributed by atoms with Gasteiger partial charge in [-0.25, -0.2) is 0 Å². The first-order valence-corrected chi connectivity index (χ1v) is 10.3. The minimum Gasteiger partial charge on any atom is -0.508 e. The SMILES string of the molecule is COc1cc(-c2ccc(O)cc2)c(OC)c(O)c1-c1cc(O)c(OCC=C(C)C)c(CO)c1. The highest BCUT2D eigenvalue weighted by molar-refractivity contribution is 5.88. The molecule has 0 bridgehead atoms. The fourth-order valence-corrected chi connectivity index (χ4v) is 3.52. The Morgan fingerprint density at radius 1 is 0.879 bits per heavy atom. The van der Waals surface area contributed by atoms with Gasteiger partial charge in [-0.1, -0.05) is 17.7 Å². The lowest BCUT2D eigenvalue weighted by Gasteiger charge is -2.19. The van der Waals surface area contributed by atoms with Crippen LogP contribution in [0.4, 0.5) is 0 Å². The topological polar surface area (TPSA) is 109 Å². The van der Waals surface area contributed by atoms with E-state index < -0.39 is 0 Å². The van der Waals surface area contributed by atoms with Crippen molar-refractivity contribution in [1.29, 1.82) is 0 Å². The Morgan fingerprint density at radius 3 is 2.15 bits per heavy atom. The zero-order valence-electron chi connectivity index (χ0n) is 19.0. The molecular weight excluding hydrogens is 424 g/mol. The number of phenols is 3. The van der Waals surface area contributed by atoms with Crippen LogP contribution in [0.25, 0.3) is 22.3 Å². The lowest BCUT2D eigenvalue weighted by atomic mass is 9.95. The monoisotopic (exact) mass is 452 g/mol. The van der Waals surface area contributed by atoms with E-state index in [1.807, 2.05) is 19.9 Å². The maximum atomic E-state index is 11.1. The Labute approximate surface area is 192 Å². The molecule has 33 heavy (non-hydrogen) atoms. The van der Waals surface area contributed by atoms with Crippen LogP contribution in [0, 0.1) is 0 Å². The molecule has 0 spiro atoms. The summed E-state index contributed by atoms with van der Waals surface area (Å²) in [4.78, 5) is 0. The van der Waals surface area contributed by atoms with Gasteiger partial charge in [0.15, 0.2) is 23.0 Å². The van der Waals surface area contributed by atoms with Crippen LogP contribution < -0.4 is 14.2 Å². The summed E-state index contributed by atoms with van der Waals surface area (Å²) < 4.78 is 16.7. The fraction of sp³-hybridized carbons (Fsp3) is 0.231. The fourth-order valence-electron chi connectivity index (χ4n) is 3.52. The predicted molar refractivity (Wildman–Crippen MR) is 126 cm³/mol. The third-order valence-corrected chi connectivity index (χ3v) is 5.15. The first-order valence-electron chi connectivity index (χ1n) is 10.3. The van der Waals surface area contributed by atoms with E-state index in [4.69, 9.17) is 14.2 Å². The molecule has 0 heterocycles. The Kier molecular flexibility index (Phi) is 7.35. The Balaban J connectivity index is 2.17. The number of phenolic OH excluding ortho intramolecular Hbond substituents is 3. The maximum Gasteiger partial charge on any atom is 0.170 e. The van der Waals surface area contributed by atoms with Gasteiger partial charge in [0, 0.05) is 11.1 Å². The average molecular weight is 453 g/mol. The number of aliphatic hydroxyl groups excluding tert-OH is 1. The summed E-state index contributed by atoms with van der Waals surface area (Å²) in [6.45, 7) is 3.73. The summed E-state index contributed by atoms with van der Waals surface area (Å²) in [6.07, 6.45) is 1.86. The second-order valence-electron chi connectivity index (χ2n) is 7.66. The van der Waals surface area contributed by atoms with Gasteiger partial charge in [-0.05, 0) is 61.4 Å². The minimum absolute atomic E-state index is 0.115. The number of hydrogen-bond donors (Lipinski definition) is 4. The predicted octanol–water partition coefficient (Wildman–Crippen LogP) is 4.99. The van der Waals surface area contributed by atoms with Crippen molar-refractivity contribution >= 4 is 0 Å². The van der Waals surface area contributed by atoms with E-state index >= 15 is 0 Å². The van der Waals surface area contributed by atoms with Crippen molar-refractivity contribution in [2.45, 2.75) is 20.5 Å². The van der Waals surface area contributed by atoms with Gasteiger partial charge in [-0.3, -0.25) is 0 Å². The van der Waals surface area contributed by atoms with E-state index in [-0.39, 0.29) is 47.5 Å². The van der Waals surface area contributed by atoms with Gasteiger partial charge in [-0.15, -0.1) is 0 Å².